The van der Waals surface area contributed by atoms with E-state index in [4.69, 9.17) is 4.98 Å². The van der Waals surface area contributed by atoms with Crippen LogP contribution in [-0.2, 0) is 24.2 Å². The Morgan fingerprint density at radius 3 is 2.77 bits per heavy atom. The van der Waals surface area contributed by atoms with E-state index in [-0.39, 0.29) is 11.3 Å². The molecule has 5 nitrogen and oxygen atoms in total. The number of aromatic nitrogens is 1. The summed E-state index contributed by atoms with van der Waals surface area (Å²) in [5.41, 5.74) is 1.05. The lowest BCUT2D eigenvalue weighted by atomic mass is 9.79. The average molecular weight is 320 g/mol. The number of aryl methyl sites for hydroxylation is 2. The minimum Gasteiger partial charge on any atom is -0.338 e. The first kappa shape index (κ1) is 14.6. The molecule has 2 saturated heterocycles. The number of carbonyl (C=O) groups is 1. The Labute approximate surface area is 135 Å². The molecule has 1 amide bonds. The molecule has 2 N–H and O–H groups in total. The van der Waals surface area contributed by atoms with Gasteiger partial charge in [-0.05, 0) is 25.7 Å². The monoisotopic (exact) mass is 320 g/mol. The van der Waals surface area contributed by atoms with Gasteiger partial charge >= 0.3 is 0 Å². The van der Waals surface area contributed by atoms with Gasteiger partial charge in [0.1, 0.15) is 5.01 Å². The highest BCUT2D eigenvalue weighted by molar-refractivity contribution is 7.11. The van der Waals surface area contributed by atoms with Gasteiger partial charge in [0.2, 0.25) is 5.91 Å². The molecule has 2 aliphatic heterocycles. The van der Waals surface area contributed by atoms with E-state index in [2.05, 4.69) is 10.6 Å². The molecule has 0 unspecified atom stereocenters. The average Bonchev–Trinajstić information content (AvgIpc) is 3.18. The summed E-state index contributed by atoms with van der Waals surface area (Å²) < 4.78 is 0. The van der Waals surface area contributed by atoms with Crippen LogP contribution in [0.15, 0.2) is 0 Å². The van der Waals surface area contributed by atoms with Gasteiger partial charge < -0.3 is 15.5 Å². The van der Waals surface area contributed by atoms with Gasteiger partial charge in [0.05, 0.1) is 17.7 Å². The number of nitrogens with one attached hydrogen (secondary N) is 2. The van der Waals surface area contributed by atoms with Gasteiger partial charge in [0.15, 0.2) is 0 Å². The summed E-state index contributed by atoms with van der Waals surface area (Å²) in [6, 6.07) is 0. The van der Waals surface area contributed by atoms with Gasteiger partial charge in [-0.3, -0.25) is 4.79 Å². The smallest absolute Gasteiger partial charge is 0.231 e. The Kier molecular flexibility index (Phi) is 3.71. The summed E-state index contributed by atoms with van der Waals surface area (Å²) in [6.45, 7) is 4.19. The number of rotatable bonds is 3. The SMILES string of the molecule is CN(Cc1nc2c(s1)CCCC2)C(=O)C12CNCC1CNC2. The summed E-state index contributed by atoms with van der Waals surface area (Å²) in [4.78, 5) is 21.1. The Bertz CT molecular complexity index is 551. The number of amides is 1. The van der Waals surface area contributed by atoms with Crippen LogP contribution in [0, 0.1) is 11.3 Å². The van der Waals surface area contributed by atoms with E-state index in [1.165, 1.54) is 29.8 Å². The van der Waals surface area contributed by atoms with Crippen molar-refractivity contribution in [3.63, 3.8) is 0 Å². The molecule has 120 valence electrons. The van der Waals surface area contributed by atoms with Crippen molar-refractivity contribution in [1.82, 2.24) is 20.5 Å². The van der Waals surface area contributed by atoms with Crippen molar-refractivity contribution in [3.05, 3.63) is 15.6 Å². The van der Waals surface area contributed by atoms with Gasteiger partial charge in [-0.15, -0.1) is 11.3 Å². The summed E-state index contributed by atoms with van der Waals surface area (Å²) >= 11 is 1.81. The van der Waals surface area contributed by atoms with Crippen LogP contribution in [0.2, 0.25) is 0 Å². The van der Waals surface area contributed by atoms with E-state index in [0.717, 1.165) is 37.6 Å². The molecule has 0 radical (unpaired) electrons. The molecule has 0 saturated carbocycles. The quantitative estimate of drug-likeness (QED) is 0.864. The molecule has 3 aliphatic rings. The topological polar surface area (TPSA) is 57.3 Å². The van der Waals surface area contributed by atoms with E-state index in [0.29, 0.717) is 12.5 Å². The molecule has 1 aromatic heterocycles. The van der Waals surface area contributed by atoms with Gasteiger partial charge in [-0.25, -0.2) is 4.98 Å². The van der Waals surface area contributed by atoms with Crippen LogP contribution >= 0.6 is 11.3 Å². The molecular formula is C16H24N4OS. The third-order valence-corrected chi connectivity index (χ3v) is 6.62. The summed E-state index contributed by atoms with van der Waals surface area (Å²) in [5, 5.41) is 7.91. The maximum atomic E-state index is 13.0. The first-order valence-corrected chi connectivity index (χ1v) is 9.15. The van der Waals surface area contributed by atoms with Gasteiger partial charge in [-0.1, -0.05) is 0 Å². The van der Waals surface area contributed by atoms with Crippen molar-refractivity contribution >= 4 is 17.2 Å². The highest BCUT2D eigenvalue weighted by Gasteiger charge is 2.52. The van der Waals surface area contributed by atoms with Crippen LogP contribution in [0.5, 0.6) is 0 Å². The lowest BCUT2D eigenvalue weighted by molar-refractivity contribution is -0.140. The van der Waals surface area contributed by atoms with Gasteiger partial charge in [0.25, 0.3) is 0 Å². The molecule has 3 heterocycles. The van der Waals surface area contributed by atoms with Crippen LogP contribution in [0.3, 0.4) is 0 Å². The van der Waals surface area contributed by atoms with Crippen molar-refractivity contribution in [1.29, 1.82) is 0 Å². The van der Waals surface area contributed by atoms with Crippen LogP contribution < -0.4 is 10.6 Å². The first-order valence-electron chi connectivity index (χ1n) is 8.33. The second kappa shape index (κ2) is 5.58. The van der Waals surface area contributed by atoms with E-state index in [1.807, 2.05) is 23.3 Å². The highest BCUT2D eigenvalue weighted by atomic mass is 32.1. The summed E-state index contributed by atoms with van der Waals surface area (Å²) in [5.74, 6) is 0.715. The van der Waals surface area contributed by atoms with Crippen molar-refractivity contribution in [2.75, 3.05) is 33.2 Å². The second-order valence-electron chi connectivity index (χ2n) is 6.96. The van der Waals surface area contributed by atoms with E-state index < -0.39 is 0 Å². The molecule has 22 heavy (non-hydrogen) atoms. The molecule has 0 aromatic carbocycles. The fourth-order valence-corrected chi connectivity index (χ4v) is 5.42. The molecule has 0 spiro atoms. The third-order valence-electron chi connectivity index (χ3n) is 5.48. The molecule has 1 aliphatic carbocycles. The largest absolute Gasteiger partial charge is 0.338 e. The highest BCUT2D eigenvalue weighted by Crippen LogP contribution is 2.37. The van der Waals surface area contributed by atoms with Crippen molar-refractivity contribution < 1.29 is 4.79 Å². The van der Waals surface area contributed by atoms with Crippen molar-refractivity contribution in [3.8, 4) is 0 Å². The maximum absolute atomic E-state index is 13.0. The Morgan fingerprint density at radius 2 is 2.05 bits per heavy atom. The molecule has 1 aromatic rings. The molecule has 0 bridgehead atoms. The van der Waals surface area contributed by atoms with E-state index in [1.54, 1.807) is 0 Å². The molecule has 2 fully saturated rings. The normalized spacial score (nSPS) is 30.1. The zero-order valence-corrected chi connectivity index (χ0v) is 14.0. The first-order chi connectivity index (χ1) is 10.7. The van der Waals surface area contributed by atoms with Crippen LogP contribution in [-0.4, -0.2) is 49.0 Å². The second-order valence-corrected chi connectivity index (χ2v) is 8.13. The van der Waals surface area contributed by atoms with Crippen LogP contribution in [0.1, 0.15) is 28.4 Å². The number of carbonyl (C=O) groups excluding carboxylic acids is 1. The van der Waals surface area contributed by atoms with Crippen molar-refractivity contribution in [2.24, 2.45) is 11.3 Å². The Morgan fingerprint density at radius 1 is 1.32 bits per heavy atom. The number of hydrogen-bond donors (Lipinski definition) is 2. The fraction of sp³-hybridized carbons (Fsp3) is 0.750. The molecule has 0 atom stereocenters. The van der Waals surface area contributed by atoms with Gasteiger partial charge in [0, 0.05) is 44.0 Å². The predicted octanol–water partition coefficient (Wildman–Crippen LogP) is 0.789. The molecule has 6 heteroatoms. The number of fused-ring (bicyclic) bond motifs is 2. The zero-order chi connectivity index (χ0) is 15.2. The van der Waals surface area contributed by atoms with Crippen LogP contribution in [0.4, 0.5) is 0 Å². The van der Waals surface area contributed by atoms with Crippen molar-refractivity contribution in [2.45, 2.75) is 32.2 Å². The standard InChI is InChI=1S/C16H24N4OS/c1-20(8-14-19-12-4-2-3-5-13(12)22-14)15(21)16-9-17-6-11(16)7-18-10-16/h11,17-18H,2-10H2,1H3. The minimum absolute atomic E-state index is 0.231. The predicted molar refractivity (Wildman–Crippen MR) is 86.9 cm³/mol. The maximum Gasteiger partial charge on any atom is 0.231 e. The number of hydrogen-bond acceptors (Lipinski definition) is 5. The summed E-state index contributed by atoms with van der Waals surface area (Å²) in [6.07, 6.45) is 4.83. The molecule has 4 rings (SSSR count). The van der Waals surface area contributed by atoms with E-state index >= 15 is 0 Å². The van der Waals surface area contributed by atoms with E-state index in [9.17, 15) is 4.79 Å². The summed E-state index contributed by atoms with van der Waals surface area (Å²) in [7, 11) is 1.94. The minimum atomic E-state index is -0.231. The lowest BCUT2D eigenvalue weighted by Crippen LogP contribution is -2.47. The number of nitrogens with zero attached hydrogens (tertiary/aromatic N) is 2. The Balaban J connectivity index is 1.48. The molecular weight excluding hydrogens is 296 g/mol. The number of thiazole rings is 1. The van der Waals surface area contributed by atoms with Crippen LogP contribution in [0.25, 0.3) is 0 Å². The fourth-order valence-electron chi connectivity index (χ4n) is 4.21. The third kappa shape index (κ3) is 2.28. The van der Waals surface area contributed by atoms with Gasteiger partial charge in [-0.2, -0.15) is 0 Å². The zero-order valence-electron chi connectivity index (χ0n) is 13.2. The lowest BCUT2D eigenvalue weighted by Gasteiger charge is -2.30. The Hall–Kier alpha value is -0.980.